The first kappa shape index (κ1) is 12.3. The van der Waals surface area contributed by atoms with Crippen molar-refractivity contribution in [3.05, 3.63) is 17.5 Å². The number of carbonyl (C=O) groups excluding carboxylic acids is 1. The highest BCUT2D eigenvalue weighted by Gasteiger charge is 2.41. The SMILES string of the molecule is CC(C)(O)C1CCC(=O)N1c1ccnc(Cl)n1. The first-order valence-corrected chi connectivity index (χ1v) is 5.80. The van der Waals surface area contributed by atoms with Gasteiger partial charge in [-0.2, -0.15) is 0 Å². The second kappa shape index (κ2) is 4.23. The maximum atomic E-state index is 11.9. The molecule has 6 heteroatoms. The zero-order valence-electron chi connectivity index (χ0n) is 9.72. The predicted molar refractivity (Wildman–Crippen MR) is 63.8 cm³/mol. The minimum absolute atomic E-state index is 0.0492. The standard InChI is InChI=1S/C11H14ClN3O2/c1-11(2,17)7-3-4-9(16)15(7)8-5-6-13-10(12)14-8/h5-7,17H,3-4H2,1-2H3. The largest absolute Gasteiger partial charge is 0.388 e. The molecule has 0 aliphatic carbocycles. The van der Waals surface area contributed by atoms with E-state index in [1.165, 1.54) is 11.1 Å². The summed E-state index contributed by atoms with van der Waals surface area (Å²) in [6.45, 7) is 3.37. The van der Waals surface area contributed by atoms with Gasteiger partial charge in [0.15, 0.2) is 0 Å². The van der Waals surface area contributed by atoms with Gasteiger partial charge in [0.2, 0.25) is 11.2 Å². The average molecular weight is 256 g/mol. The van der Waals surface area contributed by atoms with E-state index in [9.17, 15) is 9.90 Å². The van der Waals surface area contributed by atoms with E-state index < -0.39 is 5.60 Å². The molecule has 1 unspecified atom stereocenters. The molecule has 0 spiro atoms. The maximum absolute atomic E-state index is 11.9. The van der Waals surface area contributed by atoms with Crippen molar-refractivity contribution in [1.82, 2.24) is 9.97 Å². The van der Waals surface area contributed by atoms with Gasteiger partial charge in [-0.25, -0.2) is 9.97 Å². The number of aliphatic hydroxyl groups is 1. The minimum atomic E-state index is -0.969. The Kier molecular flexibility index (Phi) is 3.05. The van der Waals surface area contributed by atoms with Crippen LogP contribution in [0, 0.1) is 0 Å². The number of amides is 1. The lowest BCUT2D eigenvalue weighted by atomic mass is 9.97. The molecule has 1 aromatic rings. The van der Waals surface area contributed by atoms with Gasteiger partial charge in [0.05, 0.1) is 11.6 Å². The molecule has 0 aromatic carbocycles. The lowest BCUT2D eigenvalue weighted by Crippen LogP contribution is -2.47. The fraction of sp³-hybridized carbons (Fsp3) is 0.545. The third-order valence-corrected chi connectivity index (χ3v) is 3.07. The fourth-order valence-electron chi connectivity index (χ4n) is 2.10. The van der Waals surface area contributed by atoms with E-state index in [0.29, 0.717) is 18.7 Å². The van der Waals surface area contributed by atoms with Crippen molar-refractivity contribution in [2.45, 2.75) is 38.3 Å². The Morgan fingerprint density at radius 3 is 2.88 bits per heavy atom. The van der Waals surface area contributed by atoms with E-state index in [1.54, 1.807) is 19.9 Å². The van der Waals surface area contributed by atoms with Crippen molar-refractivity contribution in [2.24, 2.45) is 0 Å². The molecule has 17 heavy (non-hydrogen) atoms. The van der Waals surface area contributed by atoms with Crippen molar-refractivity contribution >= 4 is 23.3 Å². The molecule has 2 heterocycles. The van der Waals surface area contributed by atoms with Crippen LogP contribution < -0.4 is 4.90 Å². The molecule has 1 atom stereocenters. The normalized spacial score (nSPS) is 21.1. The first-order chi connectivity index (χ1) is 7.89. The molecule has 1 aliphatic rings. The Morgan fingerprint density at radius 1 is 1.59 bits per heavy atom. The summed E-state index contributed by atoms with van der Waals surface area (Å²) in [6.07, 6.45) is 2.53. The molecular weight excluding hydrogens is 242 g/mol. The Balaban J connectivity index is 2.38. The zero-order chi connectivity index (χ0) is 12.6. The molecule has 0 radical (unpaired) electrons. The molecule has 1 amide bonds. The fourth-order valence-corrected chi connectivity index (χ4v) is 2.24. The van der Waals surface area contributed by atoms with Crippen molar-refractivity contribution in [1.29, 1.82) is 0 Å². The van der Waals surface area contributed by atoms with Gasteiger partial charge in [0.25, 0.3) is 0 Å². The number of hydrogen-bond acceptors (Lipinski definition) is 4. The summed E-state index contributed by atoms with van der Waals surface area (Å²) >= 11 is 5.71. The summed E-state index contributed by atoms with van der Waals surface area (Å²) in [7, 11) is 0. The van der Waals surface area contributed by atoms with Gasteiger partial charge >= 0.3 is 0 Å². The molecule has 1 fully saturated rings. The van der Waals surface area contributed by atoms with Gasteiger partial charge in [0, 0.05) is 12.6 Å². The average Bonchev–Trinajstić information content (AvgIpc) is 2.59. The molecule has 1 aliphatic heterocycles. The van der Waals surface area contributed by atoms with E-state index in [1.807, 2.05) is 0 Å². The van der Waals surface area contributed by atoms with Gasteiger partial charge in [-0.3, -0.25) is 9.69 Å². The Morgan fingerprint density at radius 2 is 2.29 bits per heavy atom. The van der Waals surface area contributed by atoms with Crippen LogP contribution in [0.15, 0.2) is 12.3 Å². The van der Waals surface area contributed by atoms with Gasteiger partial charge < -0.3 is 5.11 Å². The quantitative estimate of drug-likeness (QED) is 0.811. The van der Waals surface area contributed by atoms with E-state index >= 15 is 0 Å². The van der Waals surface area contributed by atoms with Gasteiger partial charge in [-0.1, -0.05) is 0 Å². The van der Waals surface area contributed by atoms with Gasteiger partial charge in [-0.15, -0.1) is 0 Å². The molecule has 5 nitrogen and oxygen atoms in total. The number of carbonyl (C=O) groups is 1. The predicted octanol–water partition coefficient (Wildman–Crippen LogP) is 1.40. The van der Waals surface area contributed by atoms with Crippen LogP contribution in [0.25, 0.3) is 0 Å². The number of nitrogens with zero attached hydrogens (tertiary/aromatic N) is 3. The molecule has 1 aromatic heterocycles. The van der Waals surface area contributed by atoms with E-state index in [2.05, 4.69) is 9.97 Å². The summed E-state index contributed by atoms with van der Waals surface area (Å²) < 4.78 is 0. The maximum Gasteiger partial charge on any atom is 0.228 e. The van der Waals surface area contributed by atoms with Gasteiger partial charge in [0.1, 0.15) is 5.82 Å². The first-order valence-electron chi connectivity index (χ1n) is 5.42. The Bertz CT molecular complexity index is 445. The number of hydrogen-bond donors (Lipinski definition) is 1. The molecule has 92 valence electrons. The van der Waals surface area contributed by atoms with Crippen LogP contribution in [0.5, 0.6) is 0 Å². The second-order valence-corrected chi connectivity index (χ2v) is 4.99. The van der Waals surface area contributed by atoms with Crippen LogP contribution in [0.1, 0.15) is 26.7 Å². The zero-order valence-corrected chi connectivity index (χ0v) is 10.5. The second-order valence-electron chi connectivity index (χ2n) is 4.66. The molecule has 0 saturated carbocycles. The van der Waals surface area contributed by atoms with Gasteiger partial charge in [-0.05, 0) is 37.9 Å². The van der Waals surface area contributed by atoms with Crippen LogP contribution in [0.3, 0.4) is 0 Å². The van der Waals surface area contributed by atoms with Crippen LogP contribution in [-0.4, -0.2) is 32.6 Å². The van der Waals surface area contributed by atoms with Crippen LogP contribution in [-0.2, 0) is 4.79 Å². The summed E-state index contributed by atoms with van der Waals surface area (Å²) in [5.41, 5.74) is -0.969. The monoisotopic (exact) mass is 255 g/mol. The number of halogens is 1. The highest BCUT2D eigenvalue weighted by molar-refractivity contribution is 6.28. The molecule has 0 bridgehead atoms. The third kappa shape index (κ3) is 2.40. The summed E-state index contributed by atoms with van der Waals surface area (Å²) in [5, 5.41) is 10.2. The topological polar surface area (TPSA) is 66.3 Å². The van der Waals surface area contributed by atoms with Crippen molar-refractivity contribution in [3.8, 4) is 0 Å². The van der Waals surface area contributed by atoms with E-state index in [-0.39, 0.29) is 17.2 Å². The molecule has 2 rings (SSSR count). The highest BCUT2D eigenvalue weighted by atomic mass is 35.5. The Hall–Kier alpha value is -1.20. The summed E-state index contributed by atoms with van der Waals surface area (Å²) in [4.78, 5) is 21.2. The lowest BCUT2D eigenvalue weighted by molar-refractivity contribution is -0.117. The van der Waals surface area contributed by atoms with Crippen LogP contribution in [0.2, 0.25) is 5.28 Å². The molecule has 1 N–H and O–H groups in total. The molecule has 1 saturated heterocycles. The summed E-state index contributed by atoms with van der Waals surface area (Å²) in [6, 6.07) is 1.34. The number of anilines is 1. The third-order valence-electron chi connectivity index (χ3n) is 2.89. The smallest absolute Gasteiger partial charge is 0.228 e. The van der Waals surface area contributed by atoms with Crippen LogP contribution >= 0.6 is 11.6 Å². The highest BCUT2D eigenvalue weighted by Crippen LogP contribution is 2.31. The van der Waals surface area contributed by atoms with Crippen LogP contribution in [0.4, 0.5) is 5.82 Å². The molecular formula is C11H14ClN3O2. The van der Waals surface area contributed by atoms with Crippen molar-refractivity contribution in [2.75, 3.05) is 4.90 Å². The van der Waals surface area contributed by atoms with E-state index in [4.69, 9.17) is 11.6 Å². The van der Waals surface area contributed by atoms with Crippen molar-refractivity contribution < 1.29 is 9.90 Å². The number of aromatic nitrogens is 2. The Labute approximate surface area is 104 Å². The van der Waals surface area contributed by atoms with E-state index in [0.717, 1.165) is 0 Å². The summed E-state index contributed by atoms with van der Waals surface area (Å²) in [5.74, 6) is 0.395. The lowest BCUT2D eigenvalue weighted by Gasteiger charge is -2.32. The van der Waals surface area contributed by atoms with Crippen molar-refractivity contribution in [3.63, 3.8) is 0 Å². The number of rotatable bonds is 2. The minimum Gasteiger partial charge on any atom is -0.388 e.